The maximum absolute atomic E-state index is 12.4. The summed E-state index contributed by atoms with van der Waals surface area (Å²) in [6.45, 7) is 0. The number of anilines is 3. The number of ether oxygens (including phenoxy) is 1. The van der Waals surface area contributed by atoms with E-state index in [1.165, 1.54) is 0 Å². The van der Waals surface area contributed by atoms with E-state index >= 15 is 0 Å². The molecule has 1 heterocycles. The Hall–Kier alpha value is -2.86. The normalized spacial score (nSPS) is 10.2. The molecule has 0 radical (unpaired) electrons. The molecule has 0 fully saturated rings. The maximum atomic E-state index is 12.4. The third kappa shape index (κ3) is 4.58. The molecule has 5 nitrogen and oxygen atoms in total. The average Bonchev–Trinajstić information content (AvgIpc) is 2.62. The number of halogens is 1. The van der Waals surface area contributed by atoms with Crippen molar-refractivity contribution in [3.63, 3.8) is 0 Å². The number of pyridine rings is 1. The quantitative estimate of drug-likeness (QED) is 0.645. The third-order valence-corrected chi connectivity index (χ3v) is 3.95. The highest BCUT2D eigenvalue weighted by Crippen LogP contribution is 2.21. The van der Waals surface area contributed by atoms with Gasteiger partial charge in [-0.25, -0.2) is 0 Å². The minimum absolute atomic E-state index is 0.267. The molecule has 3 rings (SSSR count). The molecular weight excluding hydrogens is 382 g/mol. The van der Waals surface area contributed by atoms with Gasteiger partial charge in [-0.15, -0.1) is 0 Å². The maximum Gasteiger partial charge on any atom is 0.274 e. The number of hydrogen-bond acceptors (Lipinski definition) is 4. The molecule has 0 aliphatic carbocycles. The van der Waals surface area contributed by atoms with Crippen LogP contribution < -0.4 is 15.4 Å². The van der Waals surface area contributed by atoms with Gasteiger partial charge in [0.1, 0.15) is 11.4 Å². The van der Waals surface area contributed by atoms with Crippen LogP contribution >= 0.6 is 15.9 Å². The Labute approximate surface area is 154 Å². The molecule has 126 valence electrons. The molecule has 0 saturated heterocycles. The first-order chi connectivity index (χ1) is 12.1. The van der Waals surface area contributed by atoms with Crippen LogP contribution in [0.4, 0.5) is 17.1 Å². The monoisotopic (exact) mass is 397 g/mol. The Morgan fingerprint density at radius 3 is 2.52 bits per heavy atom. The Morgan fingerprint density at radius 1 is 1.00 bits per heavy atom. The fourth-order valence-corrected chi connectivity index (χ4v) is 2.63. The molecule has 0 unspecified atom stereocenters. The summed E-state index contributed by atoms with van der Waals surface area (Å²) in [5, 5.41) is 6.07. The minimum Gasteiger partial charge on any atom is -0.497 e. The van der Waals surface area contributed by atoms with Crippen molar-refractivity contribution in [1.29, 1.82) is 0 Å². The van der Waals surface area contributed by atoms with E-state index in [-0.39, 0.29) is 5.91 Å². The lowest BCUT2D eigenvalue weighted by molar-refractivity contribution is 0.102. The van der Waals surface area contributed by atoms with Gasteiger partial charge < -0.3 is 15.4 Å². The number of nitrogens with one attached hydrogen (secondary N) is 2. The molecule has 3 aromatic rings. The highest BCUT2D eigenvalue weighted by Gasteiger charge is 2.09. The Kier molecular flexibility index (Phi) is 5.30. The van der Waals surface area contributed by atoms with Crippen molar-refractivity contribution in [1.82, 2.24) is 4.98 Å². The molecule has 0 bridgehead atoms. The summed E-state index contributed by atoms with van der Waals surface area (Å²) in [5.74, 6) is 0.519. The molecule has 1 aromatic heterocycles. The number of benzene rings is 2. The molecule has 0 aliphatic heterocycles. The second kappa shape index (κ2) is 7.81. The Bertz CT molecular complexity index is 882. The van der Waals surface area contributed by atoms with E-state index in [1.54, 1.807) is 25.4 Å². The van der Waals surface area contributed by atoms with E-state index in [0.29, 0.717) is 11.4 Å². The molecule has 25 heavy (non-hydrogen) atoms. The van der Waals surface area contributed by atoms with Crippen LogP contribution in [-0.4, -0.2) is 18.0 Å². The van der Waals surface area contributed by atoms with Gasteiger partial charge in [0, 0.05) is 27.7 Å². The van der Waals surface area contributed by atoms with Crippen molar-refractivity contribution in [3.8, 4) is 5.75 Å². The van der Waals surface area contributed by atoms with E-state index in [1.807, 2.05) is 48.5 Å². The number of rotatable bonds is 5. The zero-order chi connectivity index (χ0) is 17.6. The number of nitrogens with zero attached hydrogens (tertiary/aromatic N) is 1. The van der Waals surface area contributed by atoms with Gasteiger partial charge in [0.15, 0.2) is 0 Å². The molecule has 0 spiro atoms. The summed E-state index contributed by atoms with van der Waals surface area (Å²) in [6, 6.07) is 18.5. The number of methoxy groups -OCH3 is 1. The van der Waals surface area contributed by atoms with Gasteiger partial charge in [-0.2, -0.15) is 0 Å². The van der Waals surface area contributed by atoms with Crippen molar-refractivity contribution < 1.29 is 9.53 Å². The highest BCUT2D eigenvalue weighted by atomic mass is 79.9. The standard InChI is InChI=1S/C19H16BrN3O2/c1-25-17-7-5-14(6-8-17)22-16-9-10-21-18(12-16)19(24)23-15-4-2-3-13(20)11-15/h2-12H,1H3,(H,21,22)(H,23,24). The predicted molar refractivity (Wildman–Crippen MR) is 103 cm³/mol. The highest BCUT2D eigenvalue weighted by molar-refractivity contribution is 9.10. The van der Waals surface area contributed by atoms with E-state index in [2.05, 4.69) is 31.5 Å². The van der Waals surface area contributed by atoms with Gasteiger partial charge in [0.2, 0.25) is 0 Å². The smallest absolute Gasteiger partial charge is 0.274 e. The summed E-state index contributed by atoms with van der Waals surface area (Å²) >= 11 is 3.38. The zero-order valence-electron chi connectivity index (χ0n) is 13.5. The van der Waals surface area contributed by atoms with Crippen LogP contribution in [0, 0.1) is 0 Å². The van der Waals surface area contributed by atoms with E-state index in [9.17, 15) is 4.79 Å². The van der Waals surface area contributed by atoms with E-state index < -0.39 is 0 Å². The summed E-state index contributed by atoms with van der Waals surface area (Å²) in [7, 11) is 1.63. The van der Waals surface area contributed by atoms with Crippen LogP contribution in [0.5, 0.6) is 5.75 Å². The summed E-state index contributed by atoms with van der Waals surface area (Å²) in [6.07, 6.45) is 1.60. The van der Waals surface area contributed by atoms with Crippen LogP contribution in [-0.2, 0) is 0 Å². The Balaban J connectivity index is 1.72. The molecule has 6 heteroatoms. The molecule has 1 amide bonds. The molecule has 0 atom stereocenters. The van der Waals surface area contributed by atoms with Crippen molar-refractivity contribution in [2.75, 3.05) is 17.7 Å². The van der Waals surface area contributed by atoms with Crippen molar-refractivity contribution in [2.45, 2.75) is 0 Å². The van der Waals surface area contributed by atoms with E-state index in [4.69, 9.17) is 4.74 Å². The van der Waals surface area contributed by atoms with Crippen molar-refractivity contribution >= 4 is 38.9 Å². The topological polar surface area (TPSA) is 63.2 Å². The van der Waals surface area contributed by atoms with Gasteiger partial charge in [-0.05, 0) is 54.6 Å². The van der Waals surface area contributed by atoms with Gasteiger partial charge >= 0.3 is 0 Å². The fraction of sp³-hybridized carbons (Fsp3) is 0.0526. The molecule has 2 aromatic carbocycles. The van der Waals surface area contributed by atoms with Gasteiger partial charge in [-0.3, -0.25) is 9.78 Å². The van der Waals surface area contributed by atoms with Crippen molar-refractivity contribution in [3.05, 3.63) is 77.0 Å². The molecule has 0 aliphatic rings. The first-order valence-electron chi connectivity index (χ1n) is 7.58. The van der Waals surface area contributed by atoms with Crippen LogP contribution in [0.15, 0.2) is 71.3 Å². The van der Waals surface area contributed by atoms with Crippen LogP contribution in [0.2, 0.25) is 0 Å². The lowest BCUT2D eigenvalue weighted by atomic mass is 10.2. The fourth-order valence-electron chi connectivity index (χ4n) is 2.23. The van der Waals surface area contributed by atoms with Crippen LogP contribution in [0.25, 0.3) is 0 Å². The summed E-state index contributed by atoms with van der Waals surface area (Å²) in [5.41, 5.74) is 2.71. The second-order valence-corrected chi connectivity index (χ2v) is 6.16. The van der Waals surface area contributed by atoms with E-state index in [0.717, 1.165) is 21.6 Å². The molecular formula is C19H16BrN3O2. The second-order valence-electron chi connectivity index (χ2n) is 5.25. The first-order valence-corrected chi connectivity index (χ1v) is 8.37. The lowest BCUT2D eigenvalue weighted by Gasteiger charge is -2.09. The van der Waals surface area contributed by atoms with Gasteiger partial charge in [-0.1, -0.05) is 22.0 Å². The third-order valence-electron chi connectivity index (χ3n) is 3.45. The average molecular weight is 398 g/mol. The molecule has 0 saturated carbocycles. The molecule has 2 N–H and O–H groups in total. The van der Waals surface area contributed by atoms with Crippen LogP contribution in [0.3, 0.4) is 0 Å². The minimum atomic E-state index is -0.267. The number of aromatic nitrogens is 1. The van der Waals surface area contributed by atoms with Gasteiger partial charge in [0.25, 0.3) is 5.91 Å². The largest absolute Gasteiger partial charge is 0.497 e. The number of carbonyl (C=O) groups excluding carboxylic acids is 1. The SMILES string of the molecule is COc1ccc(Nc2ccnc(C(=O)Nc3cccc(Br)c3)c2)cc1. The number of hydrogen-bond donors (Lipinski definition) is 2. The lowest BCUT2D eigenvalue weighted by Crippen LogP contribution is -2.13. The zero-order valence-corrected chi connectivity index (χ0v) is 15.1. The predicted octanol–water partition coefficient (Wildman–Crippen LogP) is 4.85. The Morgan fingerprint density at radius 2 is 1.80 bits per heavy atom. The van der Waals surface area contributed by atoms with Crippen LogP contribution in [0.1, 0.15) is 10.5 Å². The number of amides is 1. The summed E-state index contributed by atoms with van der Waals surface area (Å²) < 4.78 is 6.04. The van der Waals surface area contributed by atoms with Crippen molar-refractivity contribution in [2.24, 2.45) is 0 Å². The number of carbonyl (C=O) groups is 1. The summed E-state index contributed by atoms with van der Waals surface area (Å²) in [4.78, 5) is 16.5. The first kappa shape index (κ1) is 17.0. The van der Waals surface area contributed by atoms with Gasteiger partial charge in [0.05, 0.1) is 7.11 Å².